The number of hydrogen-bond donors (Lipinski definition) is 1. The Kier molecular flexibility index (Phi) is 5.41. The molecule has 0 aliphatic heterocycles. The molecule has 0 atom stereocenters. The van der Waals surface area contributed by atoms with Crippen LogP contribution in [-0.2, 0) is 11.2 Å². The summed E-state index contributed by atoms with van der Waals surface area (Å²) in [5.74, 6) is 0.593. The molecule has 1 heterocycles. The van der Waals surface area contributed by atoms with Gasteiger partial charge in [0.2, 0.25) is 5.91 Å². The van der Waals surface area contributed by atoms with Gasteiger partial charge in [0.15, 0.2) is 5.13 Å². The third kappa shape index (κ3) is 4.61. The second kappa shape index (κ2) is 7.28. The molecule has 2 aromatic rings. The van der Waals surface area contributed by atoms with Gasteiger partial charge in [-0.1, -0.05) is 23.7 Å². The lowest BCUT2D eigenvalue weighted by molar-refractivity contribution is -0.129. The van der Waals surface area contributed by atoms with Crippen molar-refractivity contribution < 1.29 is 9.53 Å². The number of para-hydroxylation sites is 1. The molecule has 0 bridgehead atoms. The molecule has 0 radical (unpaired) electrons. The predicted molar refractivity (Wildman–Crippen MR) is 84.8 cm³/mol. The largest absolute Gasteiger partial charge is 0.490 e. The van der Waals surface area contributed by atoms with Gasteiger partial charge in [-0.15, -0.1) is 11.3 Å². The Morgan fingerprint density at radius 1 is 1.48 bits per heavy atom. The van der Waals surface area contributed by atoms with Crippen LogP contribution in [0, 0.1) is 0 Å². The quantitative estimate of drug-likeness (QED) is 0.885. The molecule has 0 saturated carbocycles. The summed E-state index contributed by atoms with van der Waals surface area (Å²) < 4.78 is 5.55. The normalized spacial score (nSPS) is 10.4. The topological polar surface area (TPSA) is 68.5 Å². The number of hydrogen-bond acceptors (Lipinski definition) is 5. The van der Waals surface area contributed by atoms with Crippen LogP contribution in [0.2, 0.25) is 5.02 Å². The third-order valence-corrected chi connectivity index (χ3v) is 3.88. The summed E-state index contributed by atoms with van der Waals surface area (Å²) in [6.07, 6.45) is 0.246. The fraction of sp³-hybridized carbons (Fsp3) is 0.286. The molecule has 1 amide bonds. The second-order valence-electron chi connectivity index (χ2n) is 4.45. The molecule has 5 nitrogen and oxygen atoms in total. The summed E-state index contributed by atoms with van der Waals surface area (Å²) >= 11 is 7.32. The molecule has 2 rings (SSSR count). The Bertz CT molecular complexity index is 618. The van der Waals surface area contributed by atoms with E-state index in [1.54, 1.807) is 29.5 Å². The van der Waals surface area contributed by atoms with Crippen molar-refractivity contribution in [3.05, 3.63) is 40.4 Å². The van der Waals surface area contributed by atoms with Crippen LogP contribution < -0.4 is 10.5 Å². The van der Waals surface area contributed by atoms with Crippen molar-refractivity contribution in [2.24, 2.45) is 0 Å². The van der Waals surface area contributed by atoms with Crippen LogP contribution in [0.25, 0.3) is 0 Å². The number of likely N-dealkylation sites (N-methyl/N-ethyl adjacent to an activating group) is 1. The van der Waals surface area contributed by atoms with Crippen LogP contribution in [0.1, 0.15) is 5.69 Å². The zero-order valence-corrected chi connectivity index (χ0v) is 13.2. The number of nitrogen functional groups attached to an aromatic ring is 1. The minimum Gasteiger partial charge on any atom is -0.490 e. The first-order valence-electron chi connectivity index (χ1n) is 6.37. The third-order valence-electron chi connectivity index (χ3n) is 2.85. The highest BCUT2D eigenvalue weighted by Crippen LogP contribution is 2.22. The molecular weight excluding hydrogens is 310 g/mol. The minimum atomic E-state index is -0.0249. The monoisotopic (exact) mass is 325 g/mol. The second-order valence-corrected chi connectivity index (χ2v) is 5.74. The summed E-state index contributed by atoms with van der Waals surface area (Å²) in [4.78, 5) is 17.7. The van der Waals surface area contributed by atoms with E-state index in [2.05, 4.69) is 4.98 Å². The smallest absolute Gasteiger partial charge is 0.228 e. The van der Waals surface area contributed by atoms with Gasteiger partial charge in [-0.2, -0.15) is 0 Å². The maximum atomic E-state index is 12.0. The van der Waals surface area contributed by atoms with E-state index in [-0.39, 0.29) is 12.3 Å². The average molecular weight is 326 g/mol. The summed E-state index contributed by atoms with van der Waals surface area (Å²) in [5.41, 5.74) is 6.23. The summed E-state index contributed by atoms with van der Waals surface area (Å²) in [7, 11) is 1.73. The van der Waals surface area contributed by atoms with E-state index in [0.717, 1.165) is 0 Å². The lowest BCUT2D eigenvalue weighted by Crippen LogP contribution is -2.32. The van der Waals surface area contributed by atoms with Crippen molar-refractivity contribution in [1.29, 1.82) is 0 Å². The van der Waals surface area contributed by atoms with E-state index < -0.39 is 0 Å². The van der Waals surface area contributed by atoms with Crippen LogP contribution >= 0.6 is 22.9 Å². The van der Waals surface area contributed by atoms with Crippen LogP contribution in [0.4, 0.5) is 5.13 Å². The van der Waals surface area contributed by atoms with Crippen LogP contribution in [-0.4, -0.2) is 36.0 Å². The van der Waals surface area contributed by atoms with Crippen LogP contribution in [0.3, 0.4) is 0 Å². The van der Waals surface area contributed by atoms with E-state index in [1.807, 2.05) is 12.1 Å². The molecule has 1 aromatic heterocycles. The van der Waals surface area contributed by atoms with Gasteiger partial charge in [0.25, 0.3) is 0 Å². The highest BCUT2D eigenvalue weighted by Gasteiger charge is 2.12. The van der Waals surface area contributed by atoms with Crippen LogP contribution in [0.5, 0.6) is 5.75 Å². The van der Waals surface area contributed by atoms with Gasteiger partial charge in [-0.25, -0.2) is 4.98 Å². The van der Waals surface area contributed by atoms with Gasteiger partial charge in [-0.3, -0.25) is 4.79 Å². The number of thiazole rings is 1. The Labute approximate surface area is 132 Å². The van der Waals surface area contributed by atoms with Gasteiger partial charge in [0, 0.05) is 12.4 Å². The summed E-state index contributed by atoms with van der Waals surface area (Å²) in [6.45, 7) is 0.856. The number of amides is 1. The van der Waals surface area contributed by atoms with E-state index in [0.29, 0.717) is 34.7 Å². The molecule has 0 saturated heterocycles. The highest BCUT2D eigenvalue weighted by atomic mass is 35.5. The predicted octanol–water partition coefficient (Wildman–Crippen LogP) is 2.46. The summed E-state index contributed by atoms with van der Waals surface area (Å²) in [5, 5.41) is 2.83. The Balaban J connectivity index is 1.77. The Morgan fingerprint density at radius 3 is 2.90 bits per heavy atom. The van der Waals surface area contributed by atoms with Crippen LogP contribution in [0.15, 0.2) is 29.6 Å². The van der Waals surface area contributed by atoms with Gasteiger partial charge >= 0.3 is 0 Å². The molecule has 7 heteroatoms. The zero-order chi connectivity index (χ0) is 15.2. The van der Waals surface area contributed by atoms with Crippen molar-refractivity contribution in [1.82, 2.24) is 9.88 Å². The molecule has 0 aliphatic carbocycles. The number of anilines is 1. The number of carbonyl (C=O) groups is 1. The van der Waals surface area contributed by atoms with Gasteiger partial charge in [0.05, 0.1) is 23.7 Å². The fourth-order valence-electron chi connectivity index (χ4n) is 1.67. The van der Waals surface area contributed by atoms with Gasteiger partial charge in [0.1, 0.15) is 12.4 Å². The van der Waals surface area contributed by atoms with Crippen molar-refractivity contribution in [2.45, 2.75) is 6.42 Å². The van der Waals surface area contributed by atoms with Gasteiger partial charge in [-0.05, 0) is 12.1 Å². The van der Waals surface area contributed by atoms with E-state index in [4.69, 9.17) is 22.1 Å². The molecule has 21 heavy (non-hydrogen) atoms. The molecule has 112 valence electrons. The molecule has 0 fully saturated rings. The number of halogens is 1. The molecular formula is C14H16ClN3O2S. The first-order valence-corrected chi connectivity index (χ1v) is 7.63. The first kappa shape index (κ1) is 15.6. The van der Waals surface area contributed by atoms with Crippen molar-refractivity contribution in [3.63, 3.8) is 0 Å². The number of nitrogens with zero attached hydrogens (tertiary/aromatic N) is 2. The summed E-state index contributed by atoms with van der Waals surface area (Å²) in [6, 6.07) is 7.24. The molecule has 1 aromatic carbocycles. The van der Waals surface area contributed by atoms with E-state index >= 15 is 0 Å². The lowest BCUT2D eigenvalue weighted by atomic mass is 10.3. The highest BCUT2D eigenvalue weighted by molar-refractivity contribution is 7.13. The number of carbonyl (C=O) groups excluding carboxylic acids is 1. The number of nitrogens with two attached hydrogens (primary N) is 1. The Hall–Kier alpha value is -1.79. The maximum absolute atomic E-state index is 12.0. The first-order chi connectivity index (χ1) is 10.1. The molecule has 0 unspecified atom stereocenters. The fourth-order valence-corrected chi connectivity index (χ4v) is 2.43. The lowest BCUT2D eigenvalue weighted by Gasteiger charge is -2.17. The molecule has 2 N–H and O–H groups in total. The molecule has 0 spiro atoms. The number of rotatable bonds is 6. The zero-order valence-electron chi connectivity index (χ0n) is 11.6. The van der Waals surface area contributed by atoms with E-state index in [9.17, 15) is 4.79 Å². The average Bonchev–Trinajstić information content (AvgIpc) is 2.86. The van der Waals surface area contributed by atoms with Crippen molar-refractivity contribution >= 4 is 34.0 Å². The number of ether oxygens (including phenoxy) is 1. The van der Waals surface area contributed by atoms with Crippen molar-refractivity contribution in [2.75, 3.05) is 25.9 Å². The number of aromatic nitrogens is 1. The minimum absolute atomic E-state index is 0.0249. The van der Waals surface area contributed by atoms with Gasteiger partial charge < -0.3 is 15.4 Å². The standard InChI is InChI=1S/C14H16ClN3O2S/c1-18(13(19)8-10-9-21-14(16)17-10)6-7-20-12-5-3-2-4-11(12)15/h2-5,9H,6-8H2,1H3,(H2,16,17). The van der Waals surface area contributed by atoms with Crippen molar-refractivity contribution in [3.8, 4) is 5.75 Å². The maximum Gasteiger partial charge on any atom is 0.228 e. The SMILES string of the molecule is CN(CCOc1ccccc1Cl)C(=O)Cc1csc(N)n1. The number of benzene rings is 1. The Morgan fingerprint density at radius 2 is 2.24 bits per heavy atom. The molecule has 0 aliphatic rings. The van der Waals surface area contributed by atoms with E-state index in [1.165, 1.54) is 11.3 Å².